The maximum atomic E-state index is 13.9. The maximum Gasteiger partial charge on any atom is 0.241 e. The van der Waals surface area contributed by atoms with Gasteiger partial charge in [-0.1, -0.05) is 6.07 Å². The van der Waals surface area contributed by atoms with Gasteiger partial charge in [0.25, 0.3) is 0 Å². The molecule has 2 aromatic rings. The highest BCUT2D eigenvalue weighted by molar-refractivity contribution is 5.94. The van der Waals surface area contributed by atoms with E-state index < -0.39 is 5.82 Å². The van der Waals surface area contributed by atoms with E-state index in [0.717, 1.165) is 43.2 Å². The molecule has 29 heavy (non-hydrogen) atoms. The molecule has 1 N–H and O–H groups in total. The van der Waals surface area contributed by atoms with E-state index in [-0.39, 0.29) is 17.7 Å². The quantitative estimate of drug-likeness (QED) is 0.773. The summed E-state index contributed by atoms with van der Waals surface area (Å²) < 4.78 is 24.2. The molecule has 0 aromatic heterocycles. The number of likely N-dealkylation sites (N-methyl/N-ethyl adjacent to an activating group) is 1. The number of amides is 1. The fourth-order valence-corrected chi connectivity index (χ4v) is 3.26. The number of nitrogens with one attached hydrogen (secondary N) is 1. The lowest BCUT2D eigenvalue weighted by atomic mass is 10.1. The Balaban J connectivity index is 1.55. The summed E-state index contributed by atoms with van der Waals surface area (Å²) in [6.45, 7) is 5.50. The van der Waals surface area contributed by atoms with Crippen LogP contribution in [0.4, 0.5) is 15.8 Å². The average Bonchev–Trinajstić information content (AvgIpc) is 2.74. The molecule has 0 aliphatic carbocycles. The van der Waals surface area contributed by atoms with Crippen molar-refractivity contribution >= 4 is 17.3 Å². The van der Waals surface area contributed by atoms with Crippen LogP contribution in [0.15, 0.2) is 42.5 Å². The van der Waals surface area contributed by atoms with Crippen LogP contribution in [0, 0.1) is 5.82 Å². The van der Waals surface area contributed by atoms with E-state index in [1.807, 2.05) is 43.1 Å². The van der Waals surface area contributed by atoms with Crippen LogP contribution >= 0.6 is 0 Å². The van der Waals surface area contributed by atoms with Crippen molar-refractivity contribution < 1.29 is 18.7 Å². The minimum atomic E-state index is -0.407. The van der Waals surface area contributed by atoms with Gasteiger partial charge in [0.2, 0.25) is 5.91 Å². The average molecular weight is 401 g/mol. The second kappa shape index (κ2) is 9.71. The molecule has 156 valence electrons. The molecule has 1 amide bonds. The summed E-state index contributed by atoms with van der Waals surface area (Å²) in [5.41, 5.74) is 2.65. The minimum absolute atomic E-state index is 0.111. The number of rotatable bonds is 7. The fraction of sp³-hybridized carbons (Fsp3) is 0.409. The SMILES string of the molecule is COc1ccc(CN(C)[C@H](C)C(=O)Nc2ccc(N3CCOCC3)cc2)cc1F. The molecule has 1 aliphatic rings. The molecule has 1 saturated heterocycles. The van der Waals surface area contributed by atoms with Crippen LogP contribution in [0.3, 0.4) is 0 Å². The molecule has 2 aromatic carbocycles. The highest BCUT2D eigenvalue weighted by Gasteiger charge is 2.19. The van der Waals surface area contributed by atoms with Crippen LogP contribution in [-0.2, 0) is 16.1 Å². The third kappa shape index (κ3) is 5.46. The Morgan fingerprint density at radius 2 is 1.93 bits per heavy atom. The molecular weight excluding hydrogens is 373 g/mol. The smallest absolute Gasteiger partial charge is 0.241 e. The lowest BCUT2D eigenvalue weighted by molar-refractivity contribution is -0.120. The zero-order valence-corrected chi connectivity index (χ0v) is 17.2. The van der Waals surface area contributed by atoms with Crippen LogP contribution in [0.5, 0.6) is 5.75 Å². The van der Waals surface area contributed by atoms with Crippen LogP contribution in [0.2, 0.25) is 0 Å². The van der Waals surface area contributed by atoms with Crippen LogP contribution in [-0.4, -0.2) is 57.3 Å². The molecule has 1 heterocycles. The number of nitrogens with zero attached hydrogens (tertiary/aromatic N) is 2. The third-order valence-electron chi connectivity index (χ3n) is 5.20. The number of hydrogen-bond donors (Lipinski definition) is 1. The minimum Gasteiger partial charge on any atom is -0.494 e. The monoisotopic (exact) mass is 401 g/mol. The molecule has 0 saturated carbocycles. The van der Waals surface area contributed by atoms with Gasteiger partial charge in [0.05, 0.1) is 26.4 Å². The van der Waals surface area contributed by atoms with Gasteiger partial charge in [0.15, 0.2) is 11.6 Å². The maximum absolute atomic E-state index is 13.9. The first-order valence-corrected chi connectivity index (χ1v) is 9.74. The van der Waals surface area contributed by atoms with Crippen molar-refractivity contribution in [1.82, 2.24) is 4.90 Å². The zero-order valence-electron chi connectivity index (χ0n) is 17.2. The number of methoxy groups -OCH3 is 1. The lowest BCUT2D eigenvalue weighted by Crippen LogP contribution is -2.39. The van der Waals surface area contributed by atoms with Crippen LogP contribution < -0.4 is 15.0 Å². The second-order valence-electron chi connectivity index (χ2n) is 7.20. The van der Waals surface area contributed by atoms with E-state index >= 15 is 0 Å². The van der Waals surface area contributed by atoms with Gasteiger partial charge in [0, 0.05) is 31.0 Å². The normalized spacial score (nSPS) is 15.3. The predicted octanol–water partition coefficient (Wildman–Crippen LogP) is 3.13. The van der Waals surface area contributed by atoms with Gasteiger partial charge in [-0.3, -0.25) is 9.69 Å². The molecule has 3 rings (SSSR count). The Morgan fingerprint density at radius 1 is 1.24 bits per heavy atom. The Kier molecular flexibility index (Phi) is 7.06. The van der Waals surface area contributed by atoms with Crippen molar-refractivity contribution in [2.24, 2.45) is 0 Å². The van der Waals surface area contributed by atoms with E-state index in [4.69, 9.17) is 9.47 Å². The predicted molar refractivity (Wildman–Crippen MR) is 112 cm³/mol. The Hall–Kier alpha value is -2.64. The van der Waals surface area contributed by atoms with Gasteiger partial charge in [0.1, 0.15) is 0 Å². The van der Waals surface area contributed by atoms with Crippen molar-refractivity contribution in [2.75, 3.05) is 50.7 Å². The first-order valence-electron chi connectivity index (χ1n) is 9.74. The summed E-state index contributed by atoms with van der Waals surface area (Å²) in [4.78, 5) is 16.8. The molecule has 7 heteroatoms. The number of carbonyl (C=O) groups excluding carboxylic acids is 1. The fourth-order valence-electron chi connectivity index (χ4n) is 3.26. The van der Waals surface area contributed by atoms with Crippen molar-refractivity contribution in [3.63, 3.8) is 0 Å². The van der Waals surface area contributed by atoms with Crippen LogP contribution in [0.25, 0.3) is 0 Å². The Bertz CT molecular complexity index is 823. The van der Waals surface area contributed by atoms with Gasteiger partial charge in [-0.2, -0.15) is 0 Å². The molecule has 0 bridgehead atoms. The number of halogens is 1. The van der Waals surface area contributed by atoms with E-state index in [9.17, 15) is 9.18 Å². The van der Waals surface area contributed by atoms with Gasteiger partial charge in [-0.05, 0) is 55.9 Å². The third-order valence-corrected chi connectivity index (χ3v) is 5.20. The molecule has 1 fully saturated rings. The first kappa shape index (κ1) is 21.1. The molecule has 1 aliphatic heterocycles. The second-order valence-corrected chi connectivity index (χ2v) is 7.20. The van der Waals surface area contributed by atoms with Crippen molar-refractivity contribution in [2.45, 2.75) is 19.5 Å². The standard InChI is InChI=1S/C22H28FN3O3/c1-16(25(2)15-17-4-9-21(28-3)20(23)14-17)22(27)24-18-5-7-19(8-6-18)26-10-12-29-13-11-26/h4-9,14,16H,10-13,15H2,1-3H3,(H,24,27)/t16-/m1/s1. The molecular formula is C22H28FN3O3. The molecule has 0 spiro atoms. The Labute approximate surface area is 171 Å². The van der Waals surface area contributed by atoms with E-state index in [0.29, 0.717) is 6.54 Å². The summed E-state index contributed by atoms with van der Waals surface area (Å²) in [6, 6.07) is 12.3. The summed E-state index contributed by atoms with van der Waals surface area (Å²) in [6.07, 6.45) is 0. The van der Waals surface area contributed by atoms with Gasteiger partial charge in [-0.15, -0.1) is 0 Å². The lowest BCUT2D eigenvalue weighted by Gasteiger charge is -2.29. The molecule has 6 nitrogen and oxygen atoms in total. The van der Waals surface area contributed by atoms with Gasteiger partial charge < -0.3 is 19.7 Å². The highest BCUT2D eigenvalue weighted by atomic mass is 19.1. The summed E-state index contributed by atoms with van der Waals surface area (Å²) in [5.74, 6) is -0.306. The number of benzene rings is 2. The van der Waals surface area contributed by atoms with Gasteiger partial charge in [-0.25, -0.2) is 4.39 Å². The highest BCUT2D eigenvalue weighted by Crippen LogP contribution is 2.21. The molecule has 0 unspecified atom stereocenters. The summed E-state index contributed by atoms with van der Waals surface area (Å²) in [5, 5.41) is 2.95. The molecule has 1 atom stereocenters. The summed E-state index contributed by atoms with van der Waals surface area (Å²) >= 11 is 0. The van der Waals surface area contributed by atoms with E-state index in [1.165, 1.54) is 13.2 Å². The zero-order chi connectivity index (χ0) is 20.8. The van der Waals surface area contributed by atoms with E-state index in [1.54, 1.807) is 12.1 Å². The topological polar surface area (TPSA) is 54.0 Å². The molecule has 0 radical (unpaired) electrons. The van der Waals surface area contributed by atoms with Gasteiger partial charge >= 0.3 is 0 Å². The van der Waals surface area contributed by atoms with Crippen molar-refractivity contribution in [3.05, 3.63) is 53.8 Å². The number of anilines is 2. The largest absolute Gasteiger partial charge is 0.494 e. The Morgan fingerprint density at radius 3 is 2.55 bits per heavy atom. The number of ether oxygens (including phenoxy) is 2. The summed E-state index contributed by atoms with van der Waals surface area (Å²) in [7, 11) is 3.28. The number of hydrogen-bond acceptors (Lipinski definition) is 5. The van der Waals surface area contributed by atoms with Crippen molar-refractivity contribution in [1.29, 1.82) is 0 Å². The first-order chi connectivity index (χ1) is 14.0. The number of carbonyl (C=O) groups is 1. The van der Waals surface area contributed by atoms with Crippen molar-refractivity contribution in [3.8, 4) is 5.75 Å². The van der Waals surface area contributed by atoms with Crippen LogP contribution in [0.1, 0.15) is 12.5 Å². The van der Waals surface area contributed by atoms with E-state index in [2.05, 4.69) is 10.2 Å². The number of morpholine rings is 1.